The number of nitrogens with one attached hydrogen (secondary N) is 1. The minimum atomic E-state index is 0.743. The molecule has 1 aliphatic carbocycles. The van der Waals surface area contributed by atoms with E-state index in [0.29, 0.717) is 0 Å². The van der Waals surface area contributed by atoms with E-state index in [1.165, 1.54) is 64.5 Å². The third kappa shape index (κ3) is 2.45. The minimum absolute atomic E-state index is 0.743. The zero-order chi connectivity index (χ0) is 11.4. The van der Waals surface area contributed by atoms with Crippen molar-refractivity contribution in [2.24, 2.45) is 17.3 Å². The van der Waals surface area contributed by atoms with Crippen LogP contribution in [0.4, 0.5) is 0 Å². The number of rotatable bonds is 3. The van der Waals surface area contributed by atoms with E-state index in [9.17, 15) is 0 Å². The Morgan fingerprint density at radius 3 is 2.50 bits per heavy atom. The van der Waals surface area contributed by atoms with Gasteiger partial charge in [-0.25, -0.2) is 0 Å². The van der Waals surface area contributed by atoms with Crippen LogP contribution in [0.15, 0.2) is 0 Å². The van der Waals surface area contributed by atoms with Crippen molar-refractivity contribution >= 4 is 0 Å². The zero-order valence-corrected chi connectivity index (χ0v) is 11.2. The van der Waals surface area contributed by atoms with Crippen LogP contribution in [-0.4, -0.2) is 13.1 Å². The van der Waals surface area contributed by atoms with Gasteiger partial charge in [0.05, 0.1) is 0 Å². The van der Waals surface area contributed by atoms with Crippen molar-refractivity contribution in [1.82, 2.24) is 5.32 Å². The predicted octanol–water partition coefficient (Wildman–Crippen LogP) is 3.98. The number of hydrogen-bond donors (Lipinski definition) is 1. The first kappa shape index (κ1) is 12.4. The molecule has 1 atom stereocenters. The largest absolute Gasteiger partial charge is 0.316 e. The summed E-state index contributed by atoms with van der Waals surface area (Å²) in [6.07, 6.45) is 11.7. The minimum Gasteiger partial charge on any atom is -0.316 e. The molecule has 2 rings (SSSR count). The molecule has 0 radical (unpaired) electrons. The Bertz CT molecular complexity index is 201. The van der Waals surface area contributed by atoms with Crippen LogP contribution < -0.4 is 5.32 Å². The van der Waals surface area contributed by atoms with Gasteiger partial charge in [0.15, 0.2) is 0 Å². The lowest BCUT2D eigenvalue weighted by molar-refractivity contribution is 0.0349. The van der Waals surface area contributed by atoms with Crippen LogP contribution in [-0.2, 0) is 0 Å². The average Bonchev–Trinajstić information content (AvgIpc) is 2.34. The third-order valence-corrected chi connectivity index (χ3v) is 5.37. The zero-order valence-electron chi connectivity index (χ0n) is 11.2. The van der Waals surface area contributed by atoms with Crippen LogP contribution >= 0.6 is 0 Å². The fraction of sp³-hybridized carbons (Fsp3) is 1.00. The van der Waals surface area contributed by atoms with Gasteiger partial charge >= 0.3 is 0 Å². The van der Waals surface area contributed by atoms with Crippen molar-refractivity contribution in [2.45, 2.75) is 65.2 Å². The second kappa shape index (κ2) is 5.53. The average molecular weight is 223 g/mol. The summed E-state index contributed by atoms with van der Waals surface area (Å²) < 4.78 is 0. The van der Waals surface area contributed by atoms with E-state index >= 15 is 0 Å². The Kier molecular flexibility index (Phi) is 4.29. The van der Waals surface area contributed by atoms with Crippen LogP contribution in [0.25, 0.3) is 0 Å². The van der Waals surface area contributed by atoms with Gasteiger partial charge in [0.2, 0.25) is 0 Å². The molecule has 1 nitrogen and oxygen atoms in total. The monoisotopic (exact) mass is 223 g/mol. The molecule has 0 aromatic carbocycles. The maximum Gasteiger partial charge on any atom is -0.00152 e. The summed E-state index contributed by atoms with van der Waals surface area (Å²) in [4.78, 5) is 0. The van der Waals surface area contributed by atoms with Crippen LogP contribution in [0.1, 0.15) is 65.2 Å². The summed E-state index contributed by atoms with van der Waals surface area (Å²) in [5.74, 6) is 2.02. The highest BCUT2D eigenvalue weighted by atomic mass is 14.9. The molecule has 0 bridgehead atoms. The van der Waals surface area contributed by atoms with Crippen molar-refractivity contribution in [3.05, 3.63) is 0 Å². The summed E-state index contributed by atoms with van der Waals surface area (Å²) in [7, 11) is 0. The maximum atomic E-state index is 3.62. The summed E-state index contributed by atoms with van der Waals surface area (Å²) in [5.41, 5.74) is 0.743. The molecular weight excluding hydrogens is 194 g/mol. The van der Waals surface area contributed by atoms with Crippen molar-refractivity contribution in [1.29, 1.82) is 0 Å². The van der Waals surface area contributed by atoms with Gasteiger partial charge < -0.3 is 5.32 Å². The van der Waals surface area contributed by atoms with Gasteiger partial charge in [-0.2, -0.15) is 0 Å². The fourth-order valence-corrected chi connectivity index (χ4v) is 4.11. The molecular formula is C15H29N. The normalized spacial score (nSPS) is 40.1. The molecule has 1 unspecified atom stereocenters. The second-order valence-corrected chi connectivity index (χ2v) is 6.15. The Labute approximate surface area is 101 Å². The van der Waals surface area contributed by atoms with E-state index in [0.717, 1.165) is 17.3 Å². The molecule has 94 valence electrons. The van der Waals surface area contributed by atoms with Crippen molar-refractivity contribution in [3.63, 3.8) is 0 Å². The van der Waals surface area contributed by atoms with Crippen molar-refractivity contribution < 1.29 is 0 Å². The topological polar surface area (TPSA) is 12.0 Å². The number of piperidine rings is 1. The van der Waals surface area contributed by atoms with Crippen LogP contribution in [0.2, 0.25) is 0 Å². The SMILES string of the molecule is CCCC1CNCCC12CCC(CC)CC2. The Hall–Kier alpha value is -0.0400. The van der Waals surface area contributed by atoms with Gasteiger partial charge in [-0.3, -0.25) is 0 Å². The maximum absolute atomic E-state index is 3.62. The Balaban J connectivity index is 1.98. The summed E-state index contributed by atoms with van der Waals surface area (Å²) >= 11 is 0. The van der Waals surface area contributed by atoms with Gasteiger partial charge in [0.1, 0.15) is 0 Å². The van der Waals surface area contributed by atoms with Crippen LogP contribution in [0.5, 0.6) is 0 Å². The molecule has 1 saturated carbocycles. The van der Waals surface area contributed by atoms with E-state index in [-0.39, 0.29) is 0 Å². The van der Waals surface area contributed by atoms with E-state index < -0.39 is 0 Å². The van der Waals surface area contributed by atoms with Crippen molar-refractivity contribution in [2.75, 3.05) is 13.1 Å². The molecule has 1 N–H and O–H groups in total. The van der Waals surface area contributed by atoms with E-state index in [1.807, 2.05) is 0 Å². The van der Waals surface area contributed by atoms with Crippen LogP contribution in [0, 0.1) is 17.3 Å². The number of hydrogen-bond acceptors (Lipinski definition) is 1. The molecule has 1 heteroatoms. The first-order chi connectivity index (χ1) is 7.80. The lowest BCUT2D eigenvalue weighted by Gasteiger charge is -2.49. The highest BCUT2D eigenvalue weighted by Crippen LogP contribution is 2.49. The lowest BCUT2D eigenvalue weighted by Crippen LogP contribution is -2.46. The fourth-order valence-electron chi connectivity index (χ4n) is 4.11. The molecule has 1 saturated heterocycles. The van der Waals surface area contributed by atoms with Gasteiger partial charge in [-0.15, -0.1) is 0 Å². The van der Waals surface area contributed by atoms with E-state index in [2.05, 4.69) is 19.2 Å². The third-order valence-electron chi connectivity index (χ3n) is 5.37. The second-order valence-electron chi connectivity index (χ2n) is 6.15. The Morgan fingerprint density at radius 1 is 1.12 bits per heavy atom. The first-order valence-electron chi connectivity index (χ1n) is 7.51. The van der Waals surface area contributed by atoms with Gasteiger partial charge in [-0.05, 0) is 68.9 Å². The van der Waals surface area contributed by atoms with Gasteiger partial charge in [-0.1, -0.05) is 26.7 Å². The Morgan fingerprint density at radius 2 is 1.88 bits per heavy atom. The molecule has 0 amide bonds. The molecule has 0 aromatic heterocycles. The quantitative estimate of drug-likeness (QED) is 0.763. The van der Waals surface area contributed by atoms with E-state index in [4.69, 9.17) is 0 Å². The molecule has 1 heterocycles. The highest BCUT2D eigenvalue weighted by molar-refractivity contribution is 4.94. The van der Waals surface area contributed by atoms with Crippen molar-refractivity contribution in [3.8, 4) is 0 Å². The summed E-state index contributed by atoms with van der Waals surface area (Å²) in [5, 5.41) is 3.62. The molecule has 1 aliphatic heterocycles. The predicted molar refractivity (Wildman–Crippen MR) is 70.6 cm³/mol. The van der Waals surface area contributed by atoms with Crippen LogP contribution in [0.3, 0.4) is 0 Å². The molecule has 1 spiro atoms. The molecule has 2 aliphatic rings. The van der Waals surface area contributed by atoms with E-state index in [1.54, 1.807) is 0 Å². The first-order valence-corrected chi connectivity index (χ1v) is 7.51. The molecule has 2 fully saturated rings. The highest BCUT2D eigenvalue weighted by Gasteiger charge is 2.42. The summed E-state index contributed by atoms with van der Waals surface area (Å²) in [6.45, 7) is 7.29. The lowest BCUT2D eigenvalue weighted by atomic mass is 9.59. The molecule has 16 heavy (non-hydrogen) atoms. The van der Waals surface area contributed by atoms with Gasteiger partial charge in [0.25, 0.3) is 0 Å². The molecule has 0 aromatic rings. The summed E-state index contributed by atoms with van der Waals surface area (Å²) in [6, 6.07) is 0. The van der Waals surface area contributed by atoms with Gasteiger partial charge in [0, 0.05) is 0 Å². The standard InChI is InChI=1S/C15H29N/c1-3-5-14-12-16-11-10-15(14)8-6-13(4-2)7-9-15/h13-14,16H,3-12H2,1-2H3. The smallest absolute Gasteiger partial charge is 0.00152 e.